The van der Waals surface area contributed by atoms with E-state index in [4.69, 9.17) is 10.5 Å². The van der Waals surface area contributed by atoms with Crippen molar-refractivity contribution in [1.82, 2.24) is 4.90 Å². The molecule has 1 rings (SSSR count). The van der Waals surface area contributed by atoms with Gasteiger partial charge < -0.3 is 15.4 Å². The summed E-state index contributed by atoms with van der Waals surface area (Å²) in [4.78, 5) is 14.0. The molecule has 0 bridgehead atoms. The van der Waals surface area contributed by atoms with Gasteiger partial charge in [0.05, 0.1) is 6.61 Å². The van der Waals surface area contributed by atoms with Crippen LogP contribution in [-0.4, -0.2) is 42.6 Å². The van der Waals surface area contributed by atoms with E-state index in [9.17, 15) is 4.79 Å². The first-order valence-electron chi connectivity index (χ1n) is 7.05. The lowest BCUT2D eigenvalue weighted by molar-refractivity contribution is -0.149. The van der Waals surface area contributed by atoms with Gasteiger partial charge in [-0.1, -0.05) is 0 Å². The van der Waals surface area contributed by atoms with Crippen LogP contribution in [-0.2, 0) is 9.53 Å². The highest BCUT2D eigenvalue weighted by atomic mass is 16.5. The Balaban J connectivity index is 2.24. The molecule has 0 aromatic rings. The minimum atomic E-state index is -0.848. The maximum Gasteiger partial charge on any atom is 0.325 e. The van der Waals surface area contributed by atoms with Gasteiger partial charge in [0.25, 0.3) is 0 Å². The van der Waals surface area contributed by atoms with Crippen molar-refractivity contribution in [1.29, 1.82) is 0 Å². The zero-order chi connectivity index (χ0) is 13.8. The second-order valence-electron chi connectivity index (χ2n) is 5.80. The van der Waals surface area contributed by atoms with Crippen molar-refractivity contribution in [3.8, 4) is 0 Å². The average Bonchev–Trinajstić information content (AvgIpc) is 3.11. The van der Waals surface area contributed by atoms with Crippen LogP contribution in [0.2, 0.25) is 0 Å². The highest BCUT2D eigenvalue weighted by Crippen LogP contribution is 2.34. The summed E-state index contributed by atoms with van der Waals surface area (Å²) < 4.78 is 4.98. The average molecular weight is 256 g/mol. The van der Waals surface area contributed by atoms with Gasteiger partial charge in [0.2, 0.25) is 0 Å². The Hall–Kier alpha value is -0.610. The number of nitrogens with two attached hydrogens (primary N) is 1. The molecule has 0 aromatic heterocycles. The van der Waals surface area contributed by atoms with Gasteiger partial charge >= 0.3 is 5.97 Å². The molecule has 18 heavy (non-hydrogen) atoms. The maximum absolute atomic E-state index is 11.6. The van der Waals surface area contributed by atoms with Crippen molar-refractivity contribution in [2.45, 2.75) is 58.0 Å². The number of rotatable bonds is 8. The van der Waals surface area contributed by atoms with E-state index in [1.807, 2.05) is 0 Å². The first-order valence-corrected chi connectivity index (χ1v) is 7.05. The van der Waals surface area contributed by atoms with Crippen LogP contribution in [0.15, 0.2) is 0 Å². The molecule has 0 heterocycles. The molecule has 0 spiro atoms. The van der Waals surface area contributed by atoms with Gasteiger partial charge in [-0.15, -0.1) is 0 Å². The van der Waals surface area contributed by atoms with E-state index in [1.165, 1.54) is 12.8 Å². The van der Waals surface area contributed by atoms with Crippen molar-refractivity contribution in [3.63, 3.8) is 0 Å². The van der Waals surface area contributed by atoms with E-state index in [2.05, 4.69) is 18.9 Å². The third-order valence-corrected chi connectivity index (χ3v) is 3.95. The van der Waals surface area contributed by atoms with E-state index >= 15 is 0 Å². The highest BCUT2D eigenvalue weighted by molar-refractivity contribution is 5.79. The Bertz CT molecular complexity index is 275. The molecular formula is C14H28N2O2. The van der Waals surface area contributed by atoms with Crippen LogP contribution >= 0.6 is 0 Å². The van der Waals surface area contributed by atoms with Crippen LogP contribution in [0, 0.1) is 5.92 Å². The predicted molar refractivity (Wildman–Crippen MR) is 73.3 cm³/mol. The molecule has 4 heteroatoms. The van der Waals surface area contributed by atoms with Gasteiger partial charge in [-0.3, -0.25) is 4.79 Å². The molecule has 0 aliphatic heterocycles. The largest absolute Gasteiger partial charge is 0.465 e. The fourth-order valence-corrected chi connectivity index (χ4v) is 2.24. The molecule has 2 N–H and O–H groups in total. The molecule has 0 radical (unpaired) electrons. The molecule has 2 unspecified atom stereocenters. The summed E-state index contributed by atoms with van der Waals surface area (Å²) in [6, 6.07) is 0.650. The van der Waals surface area contributed by atoms with Crippen molar-refractivity contribution in [2.75, 3.05) is 20.2 Å². The molecule has 1 fully saturated rings. The van der Waals surface area contributed by atoms with Gasteiger partial charge in [-0.25, -0.2) is 0 Å². The molecule has 1 saturated carbocycles. The minimum absolute atomic E-state index is 0.289. The molecule has 0 aromatic carbocycles. The van der Waals surface area contributed by atoms with E-state index in [1.54, 1.807) is 13.8 Å². The Morgan fingerprint density at radius 2 is 2.17 bits per heavy atom. The smallest absolute Gasteiger partial charge is 0.325 e. The quantitative estimate of drug-likeness (QED) is 0.673. The number of hydrogen-bond donors (Lipinski definition) is 1. The standard InChI is InChI=1S/C14H28N2O2/c1-5-18-13(17)14(3,15)9-6-10-16(4)11(2)12-7-8-12/h11-12H,5-10,15H2,1-4H3. The fourth-order valence-electron chi connectivity index (χ4n) is 2.24. The van der Waals surface area contributed by atoms with Crippen molar-refractivity contribution in [2.24, 2.45) is 11.7 Å². The summed E-state index contributed by atoms with van der Waals surface area (Å²) in [6.45, 7) is 7.23. The van der Waals surface area contributed by atoms with Crippen LogP contribution < -0.4 is 5.73 Å². The molecule has 106 valence electrons. The zero-order valence-corrected chi connectivity index (χ0v) is 12.2. The molecule has 0 amide bonds. The SMILES string of the molecule is CCOC(=O)C(C)(N)CCCN(C)C(C)C1CC1. The summed E-state index contributed by atoms with van der Waals surface area (Å²) >= 11 is 0. The number of hydrogen-bond acceptors (Lipinski definition) is 4. The van der Waals surface area contributed by atoms with Crippen molar-refractivity contribution >= 4 is 5.97 Å². The number of ether oxygens (including phenoxy) is 1. The predicted octanol–water partition coefficient (Wildman–Crippen LogP) is 1.78. The Labute approximate surface area is 111 Å². The lowest BCUT2D eigenvalue weighted by atomic mass is 9.97. The fraction of sp³-hybridized carbons (Fsp3) is 0.929. The third kappa shape index (κ3) is 4.58. The van der Waals surface area contributed by atoms with Crippen LogP contribution in [0.1, 0.15) is 46.5 Å². The lowest BCUT2D eigenvalue weighted by Gasteiger charge is -2.27. The van der Waals surface area contributed by atoms with Gasteiger partial charge in [-0.05, 0) is 66.0 Å². The topological polar surface area (TPSA) is 55.6 Å². The summed E-state index contributed by atoms with van der Waals surface area (Å²) in [7, 11) is 2.15. The van der Waals surface area contributed by atoms with Crippen molar-refractivity contribution in [3.05, 3.63) is 0 Å². The second-order valence-corrected chi connectivity index (χ2v) is 5.80. The van der Waals surface area contributed by atoms with Gasteiger partial charge in [0, 0.05) is 6.04 Å². The van der Waals surface area contributed by atoms with E-state index in [0.29, 0.717) is 19.1 Å². The lowest BCUT2D eigenvalue weighted by Crippen LogP contribution is -2.46. The molecular weight excluding hydrogens is 228 g/mol. The van der Waals surface area contributed by atoms with E-state index in [-0.39, 0.29) is 5.97 Å². The minimum Gasteiger partial charge on any atom is -0.465 e. The number of nitrogens with zero attached hydrogens (tertiary/aromatic N) is 1. The monoisotopic (exact) mass is 256 g/mol. The maximum atomic E-state index is 11.6. The van der Waals surface area contributed by atoms with Gasteiger partial charge in [0.15, 0.2) is 0 Å². The Morgan fingerprint density at radius 1 is 1.56 bits per heavy atom. The van der Waals surface area contributed by atoms with Crippen LogP contribution in [0.3, 0.4) is 0 Å². The van der Waals surface area contributed by atoms with Crippen LogP contribution in [0.4, 0.5) is 0 Å². The first-order chi connectivity index (χ1) is 8.38. The third-order valence-electron chi connectivity index (χ3n) is 3.95. The summed E-state index contributed by atoms with van der Waals surface area (Å²) in [5, 5.41) is 0. The second kappa shape index (κ2) is 6.53. The van der Waals surface area contributed by atoms with Crippen molar-refractivity contribution < 1.29 is 9.53 Å². The molecule has 0 saturated heterocycles. The molecule has 4 nitrogen and oxygen atoms in total. The summed E-state index contributed by atoms with van der Waals surface area (Å²) in [5.74, 6) is 0.590. The molecule has 2 atom stereocenters. The van der Waals surface area contributed by atoms with E-state index < -0.39 is 5.54 Å². The van der Waals surface area contributed by atoms with E-state index in [0.717, 1.165) is 18.9 Å². The number of carbonyl (C=O) groups is 1. The van der Waals surface area contributed by atoms with Gasteiger partial charge in [0.1, 0.15) is 5.54 Å². The first kappa shape index (κ1) is 15.4. The van der Waals surface area contributed by atoms with Gasteiger partial charge in [-0.2, -0.15) is 0 Å². The Morgan fingerprint density at radius 3 is 2.67 bits per heavy atom. The molecule has 1 aliphatic rings. The number of esters is 1. The summed E-state index contributed by atoms with van der Waals surface area (Å²) in [5.41, 5.74) is 5.14. The number of carbonyl (C=O) groups excluding carboxylic acids is 1. The normalized spacial score (nSPS) is 20.6. The summed E-state index contributed by atoms with van der Waals surface area (Å²) in [6.07, 6.45) is 4.33. The highest BCUT2D eigenvalue weighted by Gasteiger charge is 2.32. The zero-order valence-electron chi connectivity index (χ0n) is 12.2. The Kier molecular flexibility index (Phi) is 5.60. The molecule has 1 aliphatic carbocycles. The van der Waals surface area contributed by atoms with Crippen LogP contribution in [0.25, 0.3) is 0 Å². The van der Waals surface area contributed by atoms with Crippen LogP contribution in [0.5, 0.6) is 0 Å².